The second-order valence-corrected chi connectivity index (χ2v) is 7.55. The third-order valence-electron chi connectivity index (χ3n) is 5.12. The Balaban J connectivity index is 1.71. The van der Waals surface area contributed by atoms with E-state index in [0.29, 0.717) is 11.1 Å². The highest BCUT2D eigenvalue weighted by atomic mass is 16.5. The molecule has 28 heavy (non-hydrogen) atoms. The number of benzene rings is 2. The van der Waals surface area contributed by atoms with Crippen LogP contribution in [0.3, 0.4) is 0 Å². The van der Waals surface area contributed by atoms with Crippen LogP contribution in [0, 0.1) is 0 Å². The van der Waals surface area contributed by atoms with E-state index >= 15 is 0 Å². The van der Waals surface area contributed by atoms with Crippen LogP contribution in [-0.2, 0) is 6.54 Å². The first kappa shape index (κ1) is 20.4. The minimum atomic E-state index is -0.711. The Hall–Kier alpha value is -2.32. The van der Waals surface area contributed by atoms with Crippen molar-refractivity contribution < 1.29 is 15.4 Å². The molecule has 7 nitrogen and oxygen atoms in total. The Morgan fingerprint density at radius 3 is 2.25 bits per heavy atom. The summed E-state index contributed by atoms with van der Waals surface area (Å²) in [6.45, 7) is 8.99. The van der Waals surface area contributed by atoms with Gasteiger partial charge in [0.2, 0.25) is 0 Å². The summed E-state index contributed by atoms with van der Waals surface area (Å²) in [5, 5.41) is 36.4. The van der Waals surface area contributed by atoms with Gasteiger partial charge in [0.05, 0.1) is 0 Å². The van der Waals surface area contributed by atoms with Gasteiger partial charge in [-0.3, -0.25) is 4.90 Å². The quantitative estimate of drug-likeness (QED) is 0.321. The van der Waals surface area contributed by atoms with Gasteiger partial charge in [0.25, 0.3) is 0 Å². The van der Waals surface area contributed by atoms with Gasteiger partial charge >= 0.3 is 0 Å². The summed E-state index contributed by atoms with van der Waals surface area (Å²) in [5.74, 6) is 0.0458. The van der Waals surface area contributed by atoms with Crippen molar-refractivity contribution in [2.75, 3.05) is 31.5 Å². The molecule has 6 N–H and O–H groups in total. The maximum atomic E-state index is 10.2. The molecule has 3 rings (SSSR count). The highest BCUT2D eigenvalue weighted by Gasteiger charge is 2.19. The predicted molar refractivity (Wildman–Crippen MR) is 110 cm³/mol. The topological polar surface area (TPSA) is 100 Å². The number of phenolic OH excluding ortho intramolecular Hbond substituents is 2. The van der Waals surface area contributed by atoms with Gasteiger partial charge in [-0.25, -0.2) is 0 Å². The van der Waals surface area contributed by atoms with Crippen LogP contribution >= 0.6 is 0 Å². The Morgan fingerprint density at radius 1 is 1.00 bits per heavy atom. The lowest BCUT2D eigenvalue weighted by molar-refractivity contribution is 0.135. The number of hydroxylamine groups is 1. The number of phenols is 2. The highest BCUT2D eigenvalue weighted by molar-refractivity contribution is 5.52. The number of nitrogens with one attached hydrogen (secondary N) is 3. The Kier molecular flexibility index (Phi) is 6.74. The number of aromatic hydroxyl groups is 2. The van der Waals surface area contributed by atoms with Crippen molar-refractivity contribution in [2.24, 2.45) is 0 Å². The Labute approximate surface area is 166 Å². The molecule has 1 atom stereocenters. The smallest absolute Gasteiger partial charge is 0.129 e. The number of nitrogens with zero attached hydrogens (tertiary/aromatic N) is 1. The monoisotopic (exact) mass is 386 g/mol. The van der Waals surface area contributed by atoms with Crippen LogP contribution in [0.5, 0.6) is 11.5 Å². The fraction of sp³-hybridized carbons (Fsp3) is 0.429. The summed E-state index contributed by atoms with van der Waals surface area (Å²) in [6.07, 6.45) is -0.711. The van der Waals surface area contributed by atoms with Crippen molar-refractivity contribution in [1.82, 2.24) is 15.7 Å². The number of hydrogen-bond acceptors (Lipinski definition) is 7. The minimum absolute atomic E-state index is 0.0465. The molecular formula is C21H30N4O3. The molecular weight excluding hydrogens is 356 g/mol. The molecule has 0 amide bonds. The van der Waals surface area contributed by atoms with Gasteiger partial charge in [-0.1, -0.05) is 26.0 Å². The molecule has 1 aliphatic heterocycles. The van der Waals surface area contributed by atoms with Crippen molar-refractivity contribution in [1.29, 1.82) is 0 Å². The van der Waals surface area contributed by atoms with E-state index in [4.69, 9.17) is 0 Å². The first-order chi connectivity index (χ1) is 13.5. The fourth-order valence-electron chi connectivity index (χ4n) is 3.49. The molecule has 0 aromatic heterocycles. The highest BCUT2D eigenvalue weighted by Crippen LogP contribution is 2.35. The van der Waals surface area contributed by atoms with Crippen LogP contribution in [0.25, 0.3) is 0 Å². The van der Waals surface area contributed by atoms with Gasteiger partial charge in [0.15, 0.2) is 0 Å². The standard InChI is InChI=1S/C21H30N4O3/c1-14(2)17-11-18(20(27)12-19(17)26)21(24-28)23-16-5-3-15(4-6-16)13-25-9-7-22-8-10-25/h3-6,11-12,14,21-24,26-28H,7-10,13H2,1-2H3/t21-/m1/s1. The lowest BCUT2D eigenvalue weighted by atomic mass is 9.97. The SMILES string of the molecule is CC(C)c1cc([C@@H](NO)Nc2ccc(CN3CCNCC3)cc2)c(O)cc1O. The van der Waals surface area contributed by atoms with Gasteiger partial charge in [-0.15, -0.1) is 0 Å². The molecule has 0 spiro atoms. The van der Waals surface area contributed by atoms with Crippen molar-refractivity contribution in [3.8, 4) is 11.5 Å². The fourth-order valence-corrected chi connectivity index (χ4v) is 3.49. The molecule has 0 saturated carbocycles. The molecule has 0 unspecified atom stereocenters. The Morgan fingerprint density at radius 2 is 1.64 bits per heavy atom. The summed E-state index contributed by atoms with van der Waals surface area (Å²) in [6, 6.07) is 11.1. The molecule has 7 heteroatoms. The van der Waals surface area contributed by atoms with Crippen LogP contribution in [0.4, 0.5) is 5.69 Å². The average Bonchev–Trinajstić information content (AvgIpc) is 2.68. The van der Waals surface area contributed by atoms with Gasteiger partial charge in [0.1, 0.15) is 17.7 Å². The molecule has 0 bridgehead atoms. The van der Waals surface area contributed by atoms with E-state index in [1.54, 1.807) is 6.07 Å². The first-order valence-corrected chi connectivity index (χ1v) is 9.72. The van der Waals surface area contributed by atoms with Crippen LogP contribution in [0.2, 0.25) is 0 Å². The second-order valence-electron chi connectivity index (χ2n) is 7.55. The average molecular weight is 386 g/mol. The summed E-state index contributed by atoms with van der Waals surface area (Å²) in [4.78, 5) is 2.42. The van der Waals surface area contributed by atoms with Crippen LogP contribution in [-0.4, -0.2) is 46.5 Å². The maximum absolute atomic E-state index is 10.2. The number of piperazine rings is 1. The summed E-state index contributed by atoms with van der Waals surface area (Å²) in [5.41, 5.74) is 5.43. The van der Waals surface area contributed by atoms with Crippen LogP contribution in [0.15, 0.2) is 36.4 Å². The van der Waals surface area contributed by atoms with Gasteiger partial charge in [-0.05, 0) is 35.2 Å². The van der Waals surface area contributed by atoms with Crippen molar-refractivity contribution in [3.05, 3.63) is 53.1 Å². The molecule has 2 aromatic carbocycles. The number of rotatable bonds is 7. The normalized spacial score (nSPS) is 16.3. The van der Waals surface area contributed by atoms with Gasteiger partial charge < -0.3 is 26.1 Å². The van der Waals surface area contributed by atoms with Crippen LogP contribution < -0.4 is 16.1 Å². The maximum Gasteiger partial charge on any atom is 0.129 e. The lowest BCUT2D eigenvalue weighted by Gasteiger charge is -2.27. The number of anilines is 1. The largest absolute Gasteiger partial charge is 0.508 e. The third-order valence-corrected chi connectivity index (χ3v) is 5.12. The van der Waals surface area contributed by atoms with Gasteiger partial charge in [-0.2, -0.15) is 5.48 Å². The molecule has 1 fully saturated rings. The molecule has 1 saturated heterocycles. The number of hydrogen-bond donors (Lipinski definition) is 6. The van der Waals surface area contributed by atoms with E-state index in [1.807, 2.05) is 26.0 Å². The van der Waals surface area contributed by atoms with Gasteiger partial charge in [0, 0.05) is 50.0 Å². The Bertz CT molecular complexity index is 774. The zero-order valence-corrected chi connectivity index (χ0v) is 16.4. The predicted octanol–water partition coefficient (Wildman–Crippen LogP) is 2.72. The summed E-state index contributed by atoms with van der Waals surface area (Å²) in [7, 11) is 0. The van der Waals surface area contributed by atoms with E-state index in [0.717, 1.165) is 38.4 Å². The lowest BCUT2D eigenvalue weighted by Crippen LogP contribution is -2.42. The molecule has 152 valence electrons. The molecule has 0 aliphatic carbocycles. The van der Waals surface area contributed by atoms with E-state index in [1.165, 1.54) is 11.6 Å². The minimum Gasteiger partial charge on any atom is -0.508 e. The second kappa shape index (κ2) is 9.25. The summed E-state index contributed by atoms with van der Waals surface area (Å²) < 4.78 is 0. The van der Waals surface area contributed by atoms with Crippen molar-refractivity contribution in [3.63, 3.8) is 0 Å². The molecule has 0 radical (unpaired) electrons. The summed E-state index contributed by atoms with van der Waals surface area (Å²) >= 11 is 0. The third kappa shape index (κ3) is 4.94. The van der Waals surface area contributed by atoms with Crippen molar-refractivity contribution in [2.45, 2.75) is 32.5 Å². The zero-order valence-electron chi connectivity index (χ0n) is 16.4. The van der Waals surface area contributed by atoms with E-state index in [9.17, 15) is 15.4 Å². The van der Waals surface area contributed by atoms with E-state index in [-0.39, 0.29) is 17.4 Å². The molecule has 2 aromatic rings. The zero-order chi connectivity index (χ0) is 20.1. The van der Waals surface area contributed by atoms with E-state index in [2.05, 4.69) is 33.1 Å². The molecule has 1 aliphatic rings. The first-order valence-electron chi connectivity index (χ1n) is 9.72. The molecule has 1 heterocycles. The van der Waals surface area contributed by atoms with Crippen LogP contribution in [0.1, 0.15) is 42.6 Å². The van der Waals surface area contributed by atoms with Crippen molar-refractivity contribution >= 4 is 5.69 Å². The van der Waals surface area contributed by atoms with E-state index < -0.39 is 6.17 Å².